The van der Waals surface area contributed by atoms with Gasteiger partial charge in [-0.1, -0.05) is 19.8 Å². The van der Waals surface area contributed by atoms with E-state index in [9.17, 15) is 9.18 Å². The van der Waals surface area contributed by atoms with E-state index in [-0.39, 0.29) is 11.7 Å². The molecule has 1 aromatic rings. The fourth-order valence-electron chi connectivity index (χ4n) is 3.42. The third-order valence-electron chi connectivity index (χ3n) is 4.61. The second kappa shape index (κ2) is 5.43. The molecule has 4 heteroatoms. The van der Waals surface area contributed by atoms with E-state index < -0.39 is 0 Å². The van der Waals surface area contributed by atoms with Gasteiger partial charge in [-0.05, 0) is 42.9 Å². The third-order valence-corrected chi connectivity index (χ3v) is 4.61. The number of nitrogens with one attached hydrogen (secondary N) is 2. The molecule has 0 radical (unpaired) electrons. The molecule has 0 bridgehead atoms. The lowest BCUT2D eigenvalue weighted by Gasteiger charge is -2.23. The summed E-state index contributed by atoms with van der Waals surface area (Å²) in [4.78, 5) is 11.4. The second-order valence-electron chi connectivity index (χ2n) is 5.89. The number of rotatable bonds is 3. The van der Waals surface area contributed by atoms with Crippen LogP contribution >= 0.6 is 0 Å². The van der Waals surface area contributed by atoms with Gasteiger partial charge in [0.1, 0.15) is 5.82 Å². The molecule has 20 heavy (non-hydrogen) atoms. The fraction of sp³-hybridized carbons (Fsp3) is 0.562. The number of anilines is 2. The van der Waals surface area contributed by atoms with Gasteiger partial charge in [-0.3, -0.25) is 4.79 Å². The maximum Gasteiger partial charge on any atom is 0.224 e. The van der Waals surface area contributed by atoms with E-state index in [2.05, 4.69) is 17.6 Å². The van der Waals surface area contributed by atoms with Crippen molar-refractivity contribution >= 4 is 17.3 Å². The van der Waals surface area contributed by atoms with Gasteiger partial charge in [0.05, 0.1) is 5.69 Å². The summed E-state index contributed by atoms with van der Waals surface area (Å²) >= 11 is 0. The summed E-state index contributed by atoms with van der Waals surface area (Å²) in [7, 11) is 0. The molecule has 108 valence electrons. The molecule has 1 heterocycles. The number of aryl methyl sites for hydroxylation is 1. The molecule has 3 rings (SSSR count). The lowest BCUT2D eigenvalue weighted by molar-refractivity contribution is -0.116. The summed E-state index contributed by atoms with van der Waals surface area (Å²) in [6.45, 7) is 2.19. The van der Waals surface area contributed by atoms with Gasteiger partial charge in [-0.2, -0.15) is 0 Å². The van der Waals surface area contributed by atoms with Crippen LogP contribution in [0.25, 0.3) is 0 Å². The molecule has 1 aliphatic heterocycles. The van der Waals surface area contributed by atoms with Crippen molar-refractivity contribution in [3.8, 4) is 0 Å². The van der Waals surface area contributed by atoms with Gasteiger partial charge >= 0.3 is 0 Å². The van der Waals surface area contributed by atoms with Crippen LogP contribution in [0.3, 0.4) is 0 Å². The predicted octanol–water partition coefficient (Wildman–Crippen LogP) is 3.70. The van der Waals surface area contributed by atoms with E-state index >= 15 is 0 Å². The van der Waals surface area contributed by atoms with Gasteiger partial charge in [0.15, 0.2) is 0 Å². The Balaban J connectivity index is 1.83. The highest BCUT2D eigenvalue weighted by Gasteiger charge is 2.27. The van der Waals surface area contributed by atoms with Crippen molar-refractivity contribution in [1.29, 1.82) is 0 Å². The number of halogens is 1. The Labute approximate surface area is 118 Å². The van der Waals surface area contributed by atoms with Gasteiger partial charge in [0.2, 0.25) is 5.91 Å². The lowest BCUT2D eigenvalue weighted by Crippen LogP contribution is -2.25. The van der Waals surface area contributed by atoms with Crippen molar-refractivity contribution in [2.75, 3.05) is 10.6 Å². The van der Waals surface area contributed by atoms with Crippen molar-refractivity contribution in [1.82, 2.24) is 0 Å². The average Bonchev–Trinajstić information content (AvgIpc) is 2.87. The first-order valence-corrected chi connectivity index (χ1v) is 7.56. The van der Waals surface area contributed by atoms with Crippen molar-refractivity contribution in [2.24, 2.45) is 5.92 Å². The minimum absolute atomic E-state index is 0.0161. The highest BCUT2D eigenvalue weighted by molar-refractivity contribution is 5.94. The minimum atomic E-state index is -0.207. The molecule has 0 saturated heterocycles. The van der Waals surface area contributed by atoms with E-state index in [4.69, 9.17) is 0 Å². The van der Waals surface area contributed by atoms with Crippen molar-refractivity contribution in [3.63, 3.8) is 0 Å². The first-order valence-electron chi connectivity index (χ1n) is 7.56. The van der Waals surface area contributed by atoms with Crippen molar-refractivity contribution < 1.29 is 9.18 Å². The van der Waals surface area contributed by atoms with Crippen LogP contribution in [0.15, 0.2) is 12.1 Å². The van der Waals surface area contributed by atoms with Gasteiger partial charge in [-0.25, -0.2) is 4.39 Å². The zero-order chi connectivity index (χ0) is 14.1. The zero-order valence-corrected chi connectivity index (χ0v) is 11.8. The molecule has 2 atom stereocenters. The van der Waals surface area contributed by atoms with Crippen LogP contribution in [-0.2, 0) is 11.2 Å². The Morgan fingerprint density at radius 3 is 3.00 bits per heavy atom. The van der Waals surface area contributed by atoms with Gasteiger partial charge < -0.3 is 10.6 Å². The molecule has 1 aliphatic carbocycles. The summed E-state index contributed by atoms with van der Waals surface area (Å²) in [6.07, 6.45) is 5.72. The van der Waals surface area contributed by atoms with E-state index in [1.165, 1.54) is 12.8 Å². The molecule has 2 aliphatic rings. The van der Waals surface area contributed by atoms with Crippen LogP contribution in [-0.4, -0.2) is 11.9 Å². The van der Waals surface area contributed by atoms with Gasteiger partial charge in [-0.15, -0.1) is 0 Å². The summed E-state index contributed by atoms with van der Waals surface area (Å²) < 4.78 is 14.2. The van der Waals surface area contributed by atoms with Crippen LogP contribution in [0.5, 0.6) is 0 Å². The molecule has 1 amide bonds. The second-order valence-corrected chi connectivity index (χ2v) is 5.89. The summed E-state index contributed by atoms with van der Waals surface area (Å²) in [5.41, 5.74) is 2.18. The Morgan fingerprint density at radius 1 is 1.35 bits per heavy atom. The number of carbonyl (C=O) groups excluding carboxylic acids is 1. The maximum atomic E-state index is 14.2. The minimum Gasteiger partial charge on any atom is -0.380 e. The molecule has 2 unspecified atom stereocenters. The standard InChI is InChI=1S/C16H21FN2O/c1-2-10-4-3-5-13(10)18-15-9-14-11(8-12(15)17)6-7-16(20)19-14/h8-10,13,18H,2-7H2,1H3,(H,19,20). The largest absolute Gasteiger partial charge is 0.380 e. The molecule has 2 N–H and O–H groups in total. The maximum absolute atomic E-state index is 14.2. The van der Waals surface area contributed by atoms with Crippen LogP contribution < -0.4 is 10.6 Å². The number of hydrogen-bond donors (Lipinski definition) is 2. The third kappa shape index (κ3) is 2.51. The quantitative estimate of drug-likeness (QED) is 0.883. The lowest BCUT2D eigenvalue weighted by atomic mass is 9.99. The fourth-order valence-corrected chi connectivity index (χ4v) is 3.42. The topological polar surface area (TPSA) is 41.1 Å². The van der Waals surface area contributed by atoms with E-state index in [0.29, 0.717) is 30.5 Å². The average molecular weight is 276 g/mol. The van der Waals surface area contributed by atoms with Crippen LogP contribution in [0, 0.1) is 11.7 Å². The number of carbonyl (C=O) groups is 1. The summed E-state index contributed by atoms with van der Waals surface area (Å²) in [5.74, 6) is 0.434. The Morgan fingerprint density at radius 2 is 2.20 bits per heavy atom. The van der Waals surface area contributed by atoms with Crippen LogP contribution in [0.1, 0.15) is 44.6 Å². The smallest absolute Gasteiger partial charge is 0.224 e. The molecule has 0 aromatic heterocycles. The van der Waals surface area contributed by atoms with Gasteiger partial charge in [0, 0.05) is 18.2 Å². The molecule has 0 spiro atoms. The van der Waals surface area contributed by atoms with Crippen molar-refractivity contribution in [3.05, 3.63) is 23.5 Å². The SMILES string of the molecule is CCC1CCCC1Nc1cc2c(cc1F)CCC(=O)N2. The van der Waals surface area contributed by atoms with E-state index in [0.717, 1.165) is 24.1 Å². The van der Waals surface area contributed by atoms with Crippen molar-refractivity contribution in [2.45, 2.75) is 51.5 Å². The monoisotopic (exact) mass is 276 g/mol. The highest BCUT2D eigenvalue weighted by atomic mass is 19.1. The van der Waals surface area contributed by atoms with Crippen LogP contribution in [0.2, 0.25) is 0 Å². The Kier molecular flexibility index (Phi) is 3.64. The summed E-state index contributed by atoms with van der Waals surface area (Å²) in [6, 6.07) is 3.67. The molecule has 3 nitrogen and oxygen atoms in total. The number of hydrogen-bond acceptors (Lipinski definition) is 2. The molecule has 1 fully saturated rings. The molecule has 1 aromatic carbocycles. The van der Waals surface area contributed by atoms with Crippen LogP contribution in [0.4, 0.5) is 15.8 Å². The Bertz CT molecular complexity index is 529. The first-order chi connectivity index (χ1) is 9.67. The first kappa shape index (κ1) is 13.4. The number of amides is 1. The molecule has 1 saturated carbocycles. The predicted molar refractivity (Wildman–Crippen MR) is 78.4 cm³/mol. The van der Waals surface area contributed by atoms with E-state index in [1.54, 1.807) is 12.1 Å². The molecular formula is C16H21FN2O. The van der Waals surface area contributed by atoms with E-state index in [1.807, 2.05) is 0 Å². The summed E-state index contributed by atoms with van der Waals surface area (Å²) in [5, 5.41) is 6.18. The highest BCUT2D eigenvalue weighted by Crippen LogP contribution is 2.34. The van der Waals surface area contributed by atoms with Gasteiger partial charge in [0.25, 0.3) is 0 Å². The Hall–Kier alpha value is -1.58. The zero-order valence-electron chi connectivity index (χ0n) is 11.8. The molecular weight excluding hydrogens is 255 g/mol. The number of fused-ring (bicyclic) bond motifs is 1. The normalized spacial score (nSPS) is 25.2. The number of benzene rings is 1.